The fraction of sp³-hybridized carbons (Fsp3) is 0.684. The number of likely N-dealkylation sites (N-methyl/N-ethyl adjacent to an activating group) is 1. The van der Waals surface area contributed by atoms with Gasteiger partial charge in [-0.1, -0.05) is 61.9 Å². The molecule has 18 rings (SSSR count). The molecule has 47 heteroatoms. The van der Waals surface area contributed by atoms with Crippen molar-refractivity contribution in [3.63, 3.8) is 0 Å². The Morgan fingerprint density at radius 2 is 0.648 bits per heavy atom. The average Bonchev–Trinajstić information content (AvgIpc) is 1.66. The van der Waals surface area contributed by atoms with Crippen molar-refractivity contribution in [3.05, 3.63) is 70.8 Å². The zero-order valence-corrected chi connectivity index (χ0v) is 83.0. The fourth-order valence-electron chi connectivity index (χ4n) is 21.6. The molecule has 2 aromatic rings. The lowest BCUT2D eigenvalue weighted by Crippen LogP contribution is -2.54. The molecular formula is C95H140N22O25. The third-order valence-electron chi connectivity index (χ3n) is 29.7. The van der Waals surface area contributed by atoms with E-state index in [1.165, 1.54) is 97.6 Å². The molecule has 0 saturated carbocycles. The first-order valence-electron chi connectivity index (χ1n) is 49.6. The number of ketones is 5. The van der Waals surface area contributed by atoms with Crippen LogP contribution in [0.2, 0.25) is 0 Å². The molecule has 780 valence electrons. The highest BCUT2D eigenvalue weighted by Gasteiger charge is 2.54. The Balaban J connectivity index is 0.000000143. The zero-order chi connectivity index (χ0) is 102. The smallest absolute Gasteiger partial charge is 0.345 e. The minimum Gasteiger partial charge on any atom is -0.381 e. The summed E-state index contributed by atoms with van der Waals surface area (Å²) in [5.41, 5.74) is 6.00. The van der Waals surface area contributed by atoms with Gasteiger partial charge >= 0.3 is 36.2 Å². The maximum Gasteiger partial charge on any atom is 0.345 e. The Morgan fingerprint density at radius 3 is 0.951 bits per heavy atom. The first kappa shape index (κ1) is 108. The van der Waals surface area contributed by atoms with Gasteiger partial charge in [-0.2, -0.15) is 30.4 Å². The number of hydrogen-bond donors (Lipinski definition) is 7. The van der Waals surface area contributed by atoms with Crippen molar-refractivity contribution in [1.82, 2.24) is 112 Å². The van der Waals surface area contributed by atoms with Crippen molar-refractivity contribution < 1.29 is 120 Å². The van der Waals surface area contributed by atoms with Gasteiger partial charge in [-0.15, -0.1) is 0 Å². The molecule has 0 spiro atoms. The number of aryl methyl sites for hydroxylation is 1. The van der Waals surface area contributed by atoms with Crippen LogP contribution < -0.4 is 37.3 Å². The fourth-order valence-corrected chi connectivity index (χ4v) is 21.6. The minimum atomic E-state index is -0.551. The van der Waals surface area contributed by atoms with E-state index < -0.39 is 36.3 Å². The standard InChI is InChI=1S/C18H24N4O4.C18H23N3O4.2C16H26N4O4.C15H23N3O5.C12H18N4O4/c1-19-9-12-3-5-13(6-4-12)16(23)10-20-17(24)15-8-7-14-11-21(15)18(25)22(14)26-2;1-3-12-4-6-13(7-5-12)16(22)10-19-17(23)15-9-8-14-11-20(15)18(24)21(14)25-2;1-18-7-5-11(6-8-18)14(21)9-17-15(22)13-4-3-12-10-19(13)16(23)20(12)24-2;1-18-8-4-3-5-12(18)14(21)9-17-15(22)13-7-6-11-10-19(13)16(23)20(11)24-2;1-22-18-11-2-3-12(17(9-11)15(18)21)14(20)16-8-13(19)10-4-6-23-7-5-10;1-20-16-8-4-5-9(14(7-8)12(16)19)11(18)13-15-6-2-3-10(15)17/h3-6,14-15,19H,7-11H2,1-2H3,(H,20,24);4-7,14-15H,3,8-11H2,1-2H3,(H,19,23);2*11-13H,3-10H2,1-2H3,(H,17,22);10-12H,2-9H2,1H3,(H,16,20);8-9H,2-7H2,1H3,(H,13,18)/t2*14-,15+;12-,13+;11-,12+,13+;11-,12+;8-,9+/m111111/s1. The molecule has 16 saturated heterocycles. The molecule has 7 N–H and O–H groups in total. The first-order valence-corrected chi connectivity index (χ1v) is 49.6. The summed E-state index contributed by atoms with van der Waals surface area (Å²) in [7, 11) is 14.6. The second-order valence-electron chi connectivity index (χ2n) is 38.3. The van der Waals surface area contributed by atoms with Gasteiger partial charge in [0.05, 0.1) is 118 Å². The molecule has 16 fully saturated rings. The Kier molecular flexibility index (Phi) is 37.9. The van der Waals surface area contributed by atoms with Gasteiger partial charge in [0.2, 0.25) is 35.4 Å². The molecule has 47 nitrogen and oxygen atoms in total. The summed E-state index contributed by atoms with van der Waals surface area (Å²) in [6.45, 7) is 10.2. The van der Waals surface area contributed by atoms with Crippen molar-refractivity contribution >= 4 is 106 Å². The number of likely N-dealkylation sites (tertiary alicyclic amines) is 2. The number of amides is 19. The summed E-state index contributed by atoms with van der Waals surface area (Å²) in [5, 5.41) is 25.9. The summed E-state index contributed by atoms with van der Waals surface area (Å²) >= 11 is 0. The Morgan fingerprint density at radius 1 is 0.338 bits per heavy atom. The summed E-state index contributed by atoms with van der Waals surface area (Å²) < 4.78 is 5.24. The summed E-state index contributed by atoms with van der Waals surface area (Å²) in [4.78, 5) is 264. The molecule has 0 aliphatic carbocycles. The van der Waals surface area contributed by atoms with Gasteiger partial charge < -0.3 is 70.9 Å². The number of Topliss-reactive ketones (excluding diaryl/α,β-unsaturated/α-hetero) is 5. The highest BCUT2D eigenvalue weighted by atomic mass is 16.7. The molecule has 12 bridgehead atoms. The van der Waals surface area contributed by atoms with Crippen molar-refractivity contribution in [2.24, 2.45) is 11.8 Å². The molecule has 16 aliphatic heterocycles. The minimum absolute atomic E-state index is 0.000243. The summed E-state index contributed by atoms with van der Waals surface area (Å²) in [5.74, 6) is -1.79. The zero-order valence-electron chi connectivity index (χ0n) is 83.0. The monoisotopic (exact) mass is 1990 g/mol. The SMILES string of the molecule is CCc1ccc(C(=O)CNC(=O)[C@@H]2CC[C@@H]3CN2C(=O)N3OC)cc1.CNCc1ccc(C(=O)CNC(=O)[C@@H]2CC[C@@H]3CN2C(=O)N3OC)cc1.CON1C(=O)N2C[C@H]1CC[C@H]2C(=O)NCC(=O)C1CCN(C)CC1.CON1C(=O)N2C[C@H]1CC[C@H]2C(=O)NCC(=O)C1CCOCC1.CON1C(=O)N2C[C@H]1CC[C@H]2C(=O)NCC(=O)[C@@H]1CCCCN1C.CON1C(=O)N2C[C@H]1CC[C@H]2C(=O)NN1CCCC1=O. The number of benzene rings is 2. The number of hydrogen-bond acceptors (Lipinski definition) is 28. The number of urea groups is 6. The van der Waals surface area contributed by atoms with Crippen LogP contribution >= 0.6 is 0 Å². The number of ether oxygens (including phenoxy) is 1. The summed E-state index contributed by atoms with van der Waals surface area (Å²) in [6, 6.07) is 9.84. The average molecular weight is 1990 g/mol. The number of fused-ring (bicyclic) bond motifs is 12. The molecule has 2 aromatic carbocycles. The third-order valence-corrected chi connectivity index (χ3v) is 29.7. The third kappa shape index (κ3) is 25.2. The van der Waals surface area contributed by atoms with E-state index in [0.717, 1.165) is 108 Å². The number of rotatable bonds is 31. The topological polar surface area (TPSA) is 505 Å². The van der Waals surface area contributed by atoms with Gasteiger partial charge in [-0.05, 0) is 180 Å². The van der Waals surface area contributed by atoms with Crippen LogP contribution in [0.4, 0.5) is 28.8 Å². The lowest BCUT2D eigenvalue weighted by atomic mass is 9.92. The van der Waals surface area contributed by atoms with E-state index >= 15 is 0 Å². The van der Waals surface area contributed by atoms with Crippen LogP contribution in [0.15, 0.2) is 48.5 Å². The Hall–Kier alpha value is -11.7. The number of nitrogens with one attached hydrogen (secondary N) is 7. The van der Waals surface area contributed by atoms with Crippen molar-refractivity contribution in [1.29, 1.82) is 0 Å². The van der Waals surface area contributed by atoms with E-state index in [0.29, 0.717) is 141 Å². The van der Waals surface area contributed by atoms with Crippen LogP contribution in [-0.2, 0) is 94.7 Å². The Bertz CT molecular complexity index is 4870. The number of nitrogens with zero attached hydrogens (tertiary/aromatic N) is 15. The van der Waals surface area contributed by atoms with E-state index in [1.807, 2.05) is 38.4 Å². The van der Waals surface area contributed by atoms with Crippen LogP contribution in [0, 0.1) is 11.8 Å². The maximum absolute atomic E-state index is 12.5. The number of hydrazine groups is 1. The van der Waals surface area contributed by atoms with E-state index in [-0.39, 0.29) is 193 Å². The van der Waals surface area contributed by atoms with E-state index in [9.17, 15) is 86.3 Å². The van der Waals surface area contributed by atoms with Crippen LogP contribution in [0.5, 0.6) is 0 Å². The largest absolute Gasteiger partial charge is 0.381 e. The lowest BCUT2D eigenvalue weighted by molar-refractivity contribution is -0.140. The van der Waals surface area contributed by atoms with Crippen LogP contribution in [0.1, 0.15) is 174 Å². The second-order valence-corrected chi connectivity index (χ2v) is 38.3. The maximum atomic E-state index is 12.5. The second kappa shape index (κ2) is 50.0. The van der Waals surface area contributed by atoms with Crippen molar-refractivity contribution in [2.75, 3.05) is 175 Å². The predicted octanol–water partition coefficient (Wildman–Crippen LogP) is 1.14. The molecular weight excluding hydrogens is 1850 g/mol. The Labute approximate surface area is 825 Å². The van der Waals surface area contributed by atoms with E-state index in [1.54, 1.807) is 34.1 Å². The highest BCUT2D eigenvalue weighted by molar-refractivity contribution is 6.02. The number of hydroxylamine groups is 12. The lowest BCUT2D eigenvalue weighted by Gasteiger charge is -2.32. The molecule has 0 aromatic heterocycles. The summed E-state index contributed by atoms with van der Waals surface area (Å²) in [6.07, 6.45) is 16.1. The first-order chi connectivity index (χ1) is 68.3. The quantitative estimate of drug-likeness (QED) is 0.0520. The number of piperidine rings is 8. The van der Waals surface area contributed by atoms with Crippen LogP contribution in [0.25, 0.3) is 0 Å². The van der Waals surface area contributed by atoms with Crippen molar-refractivity contribution in [3.8, 4) is 0 Å². The number of carbonyl (C=O) groups excluding carboxylic acids is 18. The van der Waals surface area contributed by atoms with Gasteiger partial charge in [0, 0.05) is 95.0 Å². The van der Waals surface area contributed by atoms with Crippen LogP contribution in [0.3, 0.4) is 0 Å². The van der Waals surface area contributed by atoms with Crippen molar-refractivity contribution in [2.45, 2.75) is 233 Å². The molecule has 16 aliphatic rings. The van der Waals surface area contributed by atoms with Gasteiger partial charge in [0.15, 0.2) is 28.9 Å². The number of carbonyl (C=O) groups is 18. The van der Waals surface area contributed by atoms with Crippen LogP contribution in [-0.4, -0.2) is 435 Å². The highest BCUT2D eigenvalue weighted by Crippen LogP contribution is 2.37. The van der Waals surface area contributed by atoms with Gasteiger partial charge in [-0.3, -0.25) is 102 Å². The molecule has 0 radical (unpaired) electrons. The predicted molar refractivity (Wildman–Crippen MR) is 503 cm³/mol. The molecule has 142 heavy (non-hydrogen) atoms. The molecule has 0 unspecified atom stereocenters. The normalized spacial score (nSPS) is 26.6. The molecule has 19 amide bonds. The van der Waals surface area contributed by atoms with Gasteiger partial charge in [0.1, 0.15) is 36.3 Å². The van der Waals surface area contributed by atoms with E-state index in [2.05, 4.69) is 61.1 Å². The molecule has 16 heterocycles. The van der Waals surface area contributed by atoms with E-state index in [4.69, 9.17) is 33.8 Å². The molecule has 13 atom stereocenters. The van der Waals surface area contributed by atoms with Gasteiger partial charge in [0.25, 0.3) is 5.91 Å². The van der Waals surface area contributed by atoms with Gasteiger partial charge in [-0.25, -0.2) is 28.8 Å².